The highest BCUT2D eigenvalue weighted by Crippen LogP contribution is 2.10. The van der Waals surface area contributed by atoms with Crippen molar-refractivity contribution in [2.24, 2.45) is 5.16 Å². The predicted molar refractivity (Wildman–Crippen MR) is 59.6 cm³/mol. The molecule has 1 rings (SSSR count). The Labute approximate surface area is 101 Å². The number of thiophene rings is 1. The molecule has 1 amide bonds. The molecule has 0 aliphatic heterocycles. The molecule has 92 valence electrons. The number of hydroxylamine groups is 1. The Hall–Kier alpha value is -1.93. The van der Waals surface area contributed by atoms with Crippen LogP contribution in [0.25, 0.3) is 0 Å². The molecule has 7 nitrogen and oxygen atoms in total. The van der Waals surface area contributed by atoms with Gasteiger partial charge in [0.1, 0.15) is 0 Å². The molecule has 0 radical (unpaired) electrons. The first-order valence-corrected chi connectivity index (χ1v) is 5.32. The van der Waals surface area contributed by atoms with Gasteiger partial charge in [-0.25, -0.2) is 10.3 Å². The van der Waals surface area contributed by atoms with Gasteiger partial charge in [0.15, 0.2) is 6.61 Å². The topological polar surface area (TPSA) is 97.2 Å². The fraction of sp³-hybridized carbons (Fsp3) is 0.222. The van der Waals surface area contributed by atoms with Crippen molar-refractivity contribution < 1.29 is 24.4 Å². The van der Waals surface area contributed by atoms with Crippen molar-refractivity contribution in [1.82, 2.24) is 5.48 Å². The van der Waals surface area contributed by atoms with Gasteiger partial charge in [0.25, 0.3) is 5.91 Å². The number of hydrogen-bond acceptors (Lipinski definition) is 6. The van der Waals surface area contributed by atoms with Crippen molar-refractivity contribution in [2.75, 3.05) is 13.7 Å². The van der Waals surface area contributed by atoms with E-state index in [1.165, 1.54) is 18.4 Å². The van der Waals surface area contributed by atoms with Crippen LogP contribution in [0.4, 0.5) is 0 Å². The molecule has 0 fully saturated rings. The summed E-state index contributed by atoms with van der Waals surface area (Å²) in [6, 6.07) is 3.28. The Morgan fingerprint density at radius 2 is 2.35 bits per heavy atom. The molecule has 0 aliphatic rings. The van der Waals surface area contributed by atoms with Crippen molar-refractivity contribution in [2.45, 2.75) is 0 Å². The number of carbonyl (C=O) groups is 2. The van der Waals surface area contributed by atoms with Crippen LogP contribution in [-0.2, 0) is 19.3 Å². The number of carbonyl (C=O) groups excluding carboxylic acids is 1. The quantitative estimate of drug-likeness (QED) is 0.562. The molecule has 1 aromatic heterocycles. The number of hydrogen-bond donors (Lipinski definition) is 2. The number of rotatable bonds is 6. The maximum Gasteiger partial charge on any atom is 0.359 e. The standard InChI is InChI=1S/C9H10N2O5S/c1-15-10-7(12)5-16-11-8(9(13)14)6-3-2-4-17-6/h2-4H,5H2,1H3,(H,10,12)(H,13,14)/b11-8+. The predicted octanol–water partition coefficient (Wildman–Crippen LogP) is 0.231. The van der Waals surface area contributed by atoms with Crippen molar-refractivity contribution in [3.63, 3.8) is 0 Å². The van der Waals surface area contributed by atoms with Crippen LogP contribution < -0.4 is 5.48 Å². The van der Waals surface area contributed by atoms with Crippen LogP contribution in [-0.4, -0.2) is 36.4 Å². The molecule has 0 aromatic carbocycles. The van der Waals surface area contributed by atoms with Gasteiger partial charge < -0.3 is 9.94 Å². The van der Waals surface area contributed by atoms with Crippen molar-refractivity contribution in [3.8, 4) is 0 Å². The van der Waals surface area contributed by atoms with E-state index in [0.717, 1.165) is 0 Å². The van der Waals surface area contributed by atoms with E-state index in [0.29, 0.717) is 4.88 Å². The molecule has 0 spiro atoms. The van der Waals surface area contributed by atoms with E-state index in [9.17, 15) is 9.59 Å². The number of aliphatic carboxylic acids is 1. The van der Waals surface area contributed by atoms with E-state index in [2.05, 4.69) is 14.8 Å². The highest BCUT2D eigenvalue weighted by Gasteiger charge is 2.14. The van der Waals surface area contributed by atoms with Crippen molar-refractivity contribution >= 4 is 28.9 Å². The first-order valence-electron chi connectivity index (χ1n) is 4.44. The molecule has 0 atom stereocenters. The highest BCUT2D eigenvalue weighted by molar-refractivity contribution is 7.13. The third-order valence-corrected chi connectivity index (χ3v) is 2.40. The van der Waals surface area contributed by atoms with Crippen molar-refractivity contribution in [3.05, 3.63) is 22.4 Å². The van der Waals surface area contributed by atoms with Gasteiger partial charge in [-0.15, -0.1) is 11.3 Å². The van der Waals surface area contributed by atoms with Gasteiger partial charge in [-0.05, 0) is 11.4 Å². The van der Waals surface area contributed by atoms with E-state index < -0.39 is 18.5 Å². The molecule has 0 bridgehead atoms. The van der Waals surface area contributed by atoms with Crippen LogP contribution in [0.3, 0.4) is 0 Å². The molecule has 0 aliphatic carbocycles. The van der Waals surface area contributed by atoms with Gasteiger partial charge in [0.2, 0.25) is 5.71 Å². The largest absolute Gasteiger partial charge is 0.476 e. The first kappa shape index (κ1) is 13.1. The Balaban J connectivity index is 2.60. The van der Waals surface area contributed by atoms with Crippen molar-refractivity contribution in [1.29, 1.82) is 0 Å². The maximum absolute atomic E-state index is 10.9. The van der Waals surface area contributed by atoms with E-state index in [4.69, 9.17) is 5.11 Å². The normalized spacial score (nSPS) is 11.0. The summed E-state index contributed by atoms with van der Waals surface area (Å²) in [7, 11) is 1.27. The number of nitrogens with one attached hydrogen (secondary N) is 1. The number of amides is 1. The molecule has 1 heterocycles. The zero-order valence-electron chi connectivity index (χ0n) is 8.87. The van der Waals surface area contributed by atoms with E-state index in [1.54, 1.807) is 17.5 Å². The number of nitrogens with zero attached hydrogens (tertiary/aromatic N) is 1. The molecule has 2 N–H and O–H groups in total. The van der Waals surface area contributed by atoms with E-state index in [1.807, 2.05) is 5.48 Å². The molecular weight excluding hydrogens is 248 g/mol. The van der Waals surface area contributed by atoms with Gasteiger partial charge in [-0.2, -0.15) is 0 Å². The molecule has 8 heteroatoms. The lowest BCUT2D eigenvalue weighted by Gasteiger charge is -2.01. The number of carboxylic acids is 1. The second kappa shape index (κ2) is 6.61. The Morgan fingerprint density at radius 1 is 1.59 bits per heavy atom. The summed E-state index contributed by atoms with van der Waals surface area (Å²) in [4.78, 5) is 31.2. The first-order chi connectivity index (χ1) is 8.15. The smallest absolute Gasteiger partial charge is 0.359 e. The van der Waals surface area contributed by atoms with Gasteiger partial charge in [0.05, 0.1) is 12.0 Å². The Bertz CT molecular complexity index is 415. The molecule has 0 saturated heterocycles. The van der Waals surface area contributed by atoms with Crippen LogP contribution >= 0.6 is 11.3 Å². The SMILES string of the molecule is CONC(=O)CO/N=C(/C(=O)O)c1cccs1. The Morgan fingerprint density at radius 3 is 2.88 bits per heavy atom. The maximum atomic E-state index is 10.9. The minimum atomic E-state index is -1.22. The average Bonchev–Trinajstić information content (AvgIpc) is 2.77. The molecule has 0 saturated carbocycles. The second-order valence-electron chi connectivity index (χ2n) is 2.73. The van der Waals surface area contributed by atoms with Crippen LogP contribution in [0.5, 0.6) is 0 Å². The third kappa shape index (κ3) is 4.21. The van der Waals surface area contributed by atoms with E-state index in [-0.39, 0.29) is 5.71 Å². The number of oxime groups is 1. The minimum Gasteiger partial charge on any atom is -0.476 e. The van der Waals surface area contributed by atoms with E-state index >= 15 is 0 Å². The lowest BCUT2D eigenvalue weighted by atomic mass is 10.3. The number of carboxylic acid groups (broad SMARTS) is 1. The third-order valence-electron chi connectivity index (χ3n) is 1.52. The molecule has 0 unspecified atom stereocenters. The van der Waals surface area contributed by atoms with Gasteiger partial charge in [0, 0.05) is 0 Å². The minimum absolute atomic E-state index is 0.245. The summed E-state index contributed by atoms with van der Waals surface area (Å²) in [5.41, 5.74) is 1.76. The average molecular weight is 258 g/mol. The molecule has 17 heavy (non-hydrogen) atoms. The second-order valence-corrected chi connectivity index (χ2v) is 3.67. The van der Waals surface area contributed by atoms with Gasteiger partial charge in [-0.3, -0.25) is 9.63 Å². The molecule has 1 aromatic rings. The zero-order chi connectivity index (χ0) is 12.7. The van der Waals surface area contributed by atoms with Gasteiger partial charge >= 0.3 is 5.97 Å². The summed E-state index contributed by atoms with van der Waals surface area (Å²) < 4.78 is 0. The summed E-state index contributed by atoms with van der Waals surface area (Å²) >= 11 is 1.21. The monoisotopic (exact) mass is 258 g/mol. The van der Waals surface area contributed by atoms with Crippen LogP contribution in [0, 0.1) is 0 Å². The summed E-state index contributed by atoms with van der Waals surface area (Å²) in [5.74, 6) is -1.79. The fourth-order valence-corrected chi connectivity index (χ4v) is 1.60. The summed E-state index contributed by atoms with van der Waals surface area (Å²) in [5, 5.41) is 14.0. The lowest BCUT2D eigenvalue weighted by molar-refractivity contribution is -0.136. The fourth-order valence-electron chi connectivity index (χ4n) is 0.901. The van der Waals surface area contributed by atoms with Crippen LogP contribution in [0.15, 0.2) is 22.7 Å². The zero-order valence-corrected chi connectivity index (χ0v) is 9.69. The summed E-state index contributed by atoms with van der Waals surface area (Å²) in [6.45, 7) is -0.421. The Kier molecular flexibility index (Phi) is 5.11. The summed E-state index contributed by atoms with van der Waals surface area (Å²) in [6.07, 6.45) is 0. The lowest BCUT2D eigenvalue weighted by Crippen LogP contribution is -2.26. The highest BCUT2D eigenvalue weighted by atomic mass is 32.1. The van der Waals surface area contributed by atoms with Crippen LogP contribution in [0.2, 0.25) is 0 Å². The molecular formula is C9H10N2O5S. The van der Waals surface area contributed by atoms with Gasteiger partial charge in [-0.1, -0.05) is 11.2 Å². The van der Waals surface area contributed by atoms with Crippen LogP contribution in [0.1, 0.15) is 4.88 Å².